The summed E-state index contributed by atoms with van der Waals surface area (Å²) < 4.78 is 5.97. The average Bonchev–Trinajstić information content (AvgIpc) is 2.70. The van der Waals surface area contributed by atoms with Gasteiger partial charge in [0.2, 0.25) is 0 Å². The Morgan fingerprint density at radius 3 is 3.07 bits per heavy atom. The third-order valence-corrected chi connectivity index (χ3v) is 4.20. The molecule has 3 aliphatic rings. The highest BCUT2D eigenvalue weighted by Gasteiger charge is 2.56. The lowest BCUT2D eigenvalue weighted by Gasteiger charge is -2.27. The third-order valence-electron chi connectivity index (χ3n) is 4.20. The summed E-state index contributed by atoms with van der Waals surface area (Å²) in [4.78, 5) is 0. The second-order valence-corrected chi connectivity index (χ2v) is 5.32. The Bertz CT molecular complexity index is 261. The van der Waals surface area contributed by atoms with Crippen molar-refractivity contribution in [3.05, 3.63) is 12.2 Å². The number of hydrogen-bond acceptors (Lipinski definition) is 2. The highest BCUT2D eigenvalue weighted by atomic mass is 16.5. The van der Waals surface area contributed by atoms with E-state index in [9.17, 15) is 0 Å². The zero-order valence-electron chi connectivity index (χ0n) is 8.83. The lowest BCUT2D eigenvalue weighted by molar-refractivity contribution is 0.0152. The lowest BCUT2D eigenvalue weighted by atomic mass is 9.88. The second kappa shape index (κ2) is 3.07. The predicted molar refractivity (Wildman–Crippen MR) is 56.0 cm³/mol. The van der Waals surface area contributed by atoms with Crippen molar-refractivity contribution in [1.82, 2.24) is 5.32 Å². The van der Waals surface area contributed by atoms with Gasteiger partial charge in [-0.1, -0.05) is 12.2 Å². The summed E-state index contributed by atoms with van der Waals surface area (Å²) in [5.41, 5.74) is 1.14. The van der Waals surface area contributed by atoms with E-state index < -0.39 is 0 Å². The van der Waals surface area contributed by atoms with Crippen LogP contribution in [-0.4, -0.2) is 25.3 Å². The standard InChI is InChI=1S/C12H19NO/c1-7(2)6-14-12-8-3-9-5-13-11(12)10(9)4-8/h8-13H,1,3-6H2,2H3. The van der Waals surface area contributed by atoms with Crippen LogP contribution in [0.25, 0.3) is 0 Å². The Labute approximate surface area is 85.7 Å². The maximum absolute atomic E-state index is 5.97. The molecule has 2 nitrogen and oxygen atoms in total. The molecule has 5 atom stereocenters. The smallest absolute Gasteiger partial charge is 0.0763 e. The topological polar surface area (TPSA) is 21.3 Å². The van der Waals surface area contributed by atoms with Crippen LogP contribution in [-0.2, 0) is 4.74 Å². The maximum Gasteiger partial charge on any atom is 0.0763 e. The summed E-state index contributed by atoms with van der Waals surface area (Å²) in [6.45, 7) is 7.92. The van der Waals surface area contributed by atoms with E-state index in [1.54, 1.807) is 0 Å². The van der Waals surface area contributed by atoms with Gasteiger partial charge < -0.3 is 10.1 Å². The van der Waals surface area contributed by atoms with E-state index in [-0.39, 0.29) is 0 Å². The molecule has 0 amide bonds. The van der Waals surface area contributed by atoms with E-state index >= 15 is 0 Å². The first kappa shape index (κ1) is 8.93. The molecule has 1 N–H and O–H groups in total. The molecule has 0 spiro atoms. The van der Waals surface area contributed by atoms with Crippen LogP contribution >= 0.6 is 0 Å². The predicted octanol–water partition coefficient (Wildman–Crippen LogP) is 1.58. The van der Waals surface area contributed by atoms with Gasteiger partial charge >= 0.3 is 0 Å². The SMILES string of the molecule is C=C(C)COC1C2CC3CNC1C3C2. The molecule has 14 heavy (non-hydrogen) atoms. The number of hydrogen-bond donors (Lipinski definition) is 1. The zero-order chi connectivity index (χ0) is 9.71. The summed E-state index contributed by atoms with van der Waals surface area (Å²) in [6.07, 6.45) is 3.29. The lowest BCUT2D eigenvalue weighted by Crippen LogP contribution is -2.39. The van der Waals surface area contributed by atoms with Gasteiger partial charge in [0.25, 0.3) is 0 Å². The van der Waals surface area contributed by atoms with Crippen LogP contribution in [0.3, 0.4) is 0 Å². The van der Waals surface area contributed by atoms with Gasteiger partial charge in [0.1, 0.15) is 0 Å². The van der Waals surface area contributed by atoms with Crippen molar-refractivity contribution >= 4 is 0 Å². The van der Waals surface area contributed by atoms with Crippen molar-refractivity contribution in [1.29, 1.82) is 0 Å². The van der Waals surface area contributed by atoms with Gasteiger partial charge in [-0.05, 0) is 44.1 Å². The van der Waals surface area contributed by atoms with Crippen LogP contribution in [0.2, 0.25) is 0 Å². The van der Waals surface area contributed by atoms with Crippen LogP contribution in [0.15, 0.2) is 12.2 Å². The van der Waals surface area contributed by atoms with Gasteiger partial charge in [0.15, 0.2) is 0 Å². The summed E-state index contributed by atoms with van der Waals surface area (Å²) in [5.74, 6) is 2.73. The van der Waals surface area contributed by atoms with E-state index in [1.807, 2.05) is 6.92 Å². The molecule has 2 bridgehead atoms. The van der Waals surface area contributed by atoms with E-state index in [0.29, 0.717) is 12.1 Å². The molecule has 2 heteroatoms. The summed E-state index contributed by atoms with van der Waals surface area (Å²) in [7, 11) is 0. The molecular formula is C12H19NO. The van der Waals surface area contributed by atoms with Gasteiger partial charge in [-0.3, -0.25) is 0 Å². The Morgan fingerprint density at radius 2 is 2.29 bits per heavy atom. The Morgan fingerprint density at radius 1 is 1.43 bits per heavy atom. The van der Waals surface area contributed by atoms with Crippen molar-refractivity contribution in [3.63, 3.8) is 0 Å². The number of ether oxygens (including phenoxy) is 1. The molecule has 3 fully saturated rings. The fourth-order valence-electron chi connectivity index (χ4n) is 3.71. The Kier molecular flexibility index (Phi) is 1.96. The van der Waals surface area contributed by atoms with Crippen LogP contribution in [0, 0.1) is 17.8 Å². The Balaban J connectivity index is 1.68. The van der Waals surface area contributed by atoms with Gasteiger partial charge in [-0.15, -0.1) is 0 Å². The molecule has 0 aromatic carbocycles. The quantitative estimate of drug-likeness (QED) is 0.687. The molecular weight excluding hydrogens is 174 g/mol. The average molecular weight is 193 g/mol. The highest BCUT2D eigenvalue weighted by Crippen LogP contribution is 2.52. The third kappa shape index (κ3) is 1.17. The molecule has 1 heterocycles. The van der Waals surface area contributed by atoms with Crippen molar-refractivity contribution in [2.24, 2.45) is 17.8 Å². The van der Waals surface area contributed by atoms with E-state index in [2.05, 4.69) is 11.9 Å². The zero-order valence-corrected chi connectivity index (χ0v) is 8.83. The molecule has 5 unspecified atom stereocenters. The molecule has 1 aliphatic heterocycles. The van der Waals surface area contributed by atoms with E-state index in [4.69, 9.17) is 4.74 Å². The fourth-order valence-corrected chi connectivity index (χ4v) is 3.71. The summed E-state index contributed by atoms with van der Waals surface area (Å²) in [6, 6.07) is 0.665. The van der Waals surface area contributed by atoms with Crippen LogP contribution in [0.5, 0.6) is 0 Å². The maximum atomic E-state index is 5.97. The number of nitrogens with one attached hydrogen (secondary N) is 1. The van der Waals surface area contributed by atoms with Gasteiger partial charge in [0.05, 0.1) is 12.7 Å². The number of rotatable bonds is 3. The molecule has 0 aromatic heterocycles. The van der Waals surface area contributed by atoms with E-state index in [0.717, 1.165) is 29.9 Å². The largest absolute Gasteiger partial charge is 0.372 e. The number of fused-ring (bicyclic) bond motifs is 1. The summed E-state index contributed by atoms with van der Waals surface area (Å²) in [5, 5.41) is 3.63. The molecule has 78 valence electrons. The fraction of sp³-hybridized carbons (Fsp3) is 0.833. The van der Waals surface area contributed by atoms with Gasteiger partial charge in [-0.2, -0.15) is 0 Å². The van der Waals surface area contributed by atoms with Crippen molar-refractivity contribution in [2.45, 2.75) is 31.9 Å². The summed E-state index contributed by atoms with van der Waals surface area (Å²) >= 11 is 0. The minimum atomic E-state index is 0.482. The van der Waals surface area contributed by atoms with Crippen LogP contribution < -0.4 is 5.32 Å². The van der Waals surface area contributed by atoms with Crippen LogP contribution in [0.4, 0.5) is 0 Å². The second-order valence-electron chi connectivity index (χ2n) is 5.32. The monoisotopic (exact) mass is 193 g/mol. The first-order valence-electron chi connectivity index (χ1n) is 5.75. The molecule has 2 saturated carbocycles. The Hall–Kier alpha value is -0.340. The molecule has 2 aliphatic carbocycles. The van der Waals surface area contributed by atoms with Crippen molar-refractivity contribution in [2.75, 3.05) is 13.2 Å². The highest BCUT2D eigenvalue weighted by molar-refractivity contribution is 5.10. The first-order chi connectivity index (χ1) is 6.75. The minimum absolute atomic E-state index is 0.482. The minimum Gasteiger partial charge on any atom is -0.372 e. The molecule has 3 rings (SSSR count). The molecule has 0 aromatic rings. The van der Waals surface area contributed by atoms with Gasteiger partial charge in [-0.25, -0.2) is 0 Å². The van der Waals surface area contributed by atoms with Crippen LogP contribution in [0.1, 0.15) is 19.8 Å². The molecule has 1 saturated heterocycles. The molecule has 0 radical (unpaired) electrons. The normalized spacial score (nSPS) is 48.8. The van der Waals surface area contributed by atoms with Crippen molar-refractivity contribution in [3.8, 4) is 0 Å². The van der Waals surface area contributed by atoms with E-state index in [1.165, 1.54) is 19.4 Å². The first-order valence-corrected chi connectivity index (χ1v) is 5.75. The van der Waals surface area contributed by atoms with Crippen molar-refractivity contribution < 1.29 is 4.74 Å². The van der Waals surface area contributed by atoms with Gasteiger partial charge in [0, 0.05) is 6.04 Å².